The molecule has 2 aromatic rings. The highest BCUT2D eigenvalue weighted by molar-refractivity contribution is 7.92. The van der Waals surface area contributed by atoms with Gasteiger partial charge in [-0.05, 0) is 51.0 Å². The molecule has 1 heterocycles. The number of carbonyl (C=O) groups is 1. The fourth-order valence-corrected chi connectivity index (χ4v) is 4.12. The second-order valence-corrected chi connectivity index (χ2v) is 12.6. The van der Waals surface area contributed by atoms with Gasteiger partial charge in [0.1, 0.15) is 11.4 Å². The van der Waals surface area contributed by atoms with Crippen molar-refractivity contribution >= 4 is 28.0 Å². The summed E-state index contributed by atoms with van der Waals surface area (Å²) in [6.45, 7) is 9.29. The first-order valence-corrected chi connectivity index (χ1v) is 14.5. The average molecular weight is 566 g/mol. The highest BCUT2D eigenvalue weighted by atomic mass is 32.2. The maximum absolute atomic E-state index is 13.7. The number of sulfonamides is 1. The van der Waals surface area contributed by atoms with Crippen molar-refractivity contribution in [3.63, 3.8) is 0 Å². The Hall–Kier alpha value is -2.89. The van der Waals surface area contributed by atoms with Crippen molar-refractivity contribution in [1.82, 2.24) is 9.97 Å². The first-order valence-electron chi connectivity index (χ1n) is 12.6. The second-order valence-electron chi connectivity index (χ2n) is 10.6. The minimum absolute atomic E-state index is 0.0118. The van der Waals surface area contributed by atoms with Crippen LogP contribution in [-0.4, -0.2) is 69.7 Å². The van der Waals surface area contributed by atoms with Crippen molar-refractivity contribution in [3.8, 4) is 11.3 Å². The lowest BCUT2D eigenvalue weighted by atomic mass is 9.97. The molecule has 216 valence electrons. The van der Waals surface area contributed by atoms with Gasteiger partial charge >= 0.3 is 5.97 Å². The molecule has 11 heteroatoms. The third-order valence-electron chi connectivity index (χ3n) is 5.83. The van der Waals surface area contributed by atoms with E-state index in [2.05, 4.69) is 9.97 Å². The van der Waals surface area contributed by atoms with E-state index in [9.17, 15) is 17.6 Å². The fraction of sp³-hybridized carbons (Fsp3) is 0.536. The molecule has 39 heavy (non-hydrogen) atoms. The third-order valence-corrected chi connectivity index (χ3v) is 6.99. The van der Waals surface area contributed by atoms with Gasteiger partial charge in [-0.1, -0.05) is 26.0 Å². The number of esters is 1. The Bertz CT molecular complexity index is 1260. The lowest BCUT2D eigenvalue weighted by molar-refractivity contribution is -0.158. The molecule has 0 aliphatic rings. The number of aromatic nitrogens is 2. The van der Waals surface area contributed by atoms with E-state index in [1.165, 1.54) is 26.3 Å². The van der Waals surface area contributed by atoms with Gasteiger partial charge in [0.05, 0.1) is 36.3 Å². The Kier molecular flexibility index (Phi) is 11.1. The predicted molar refractivity (Wildman–Crippen MR) is 150 cm³/mol. The van der Waals surface area contributed by atoms with Gasteiger partial charge in [-0.3, -0.25) is 4.79 Å². The molecular weight excluding hydrogens is 525 g/mol. The molecule has 0 aliphatic heterocycles. The number of halogens is 1. The summed E-state index contributed by atoms with van der Waals surface area (Å²) in [6, 6.07) is 5.80. The average Bonchev–Trinajstić information content (AvgIpc) is 2.83. The van der Waals surface area contributed by atoms with Crippen molar-refractivity contribution in [3.05, 3.63) is 47.4 Å². The number of rotatable bonds is 12. The highest BCUT2D eigenvalue weighted by Gasteiger charge is 2.24. The molecule has 9 nitrogen and oxygen atoms in total. The number of anilines is 1. The number of benzene rings is 1. The van der Waals surface area contributed by atoms with Crippen LogP contribution in [0.1, 0.15) is 64.6 Å². The van der Waals surface area contributed by atoms with Crippen molar-refractivity contribution in [2.75, 3.05) is 31.8 Å². The van der Waals surface area contributed by atoms with Gasteiger partial charge in [0.2, 0.25) is 16.0 Å². The van der Waals surface area contributed by atoms with Crippen LogP contribution in [0.25, 0.3) is 17.3 Å². The summed E-state index contributed by atoms with van der Waals surface area (Å²) < 4.78 is 55.8. The topological polar surface area (TPSA) is 108 Å². The Balaban J connectivity index is 2.53. The molecule has 0 bridgehead atoms. The number of hydrogen-bond acceptors (Lipinski definition) is 8. The van der Waals surface area contributed by atoms with E-state index in [0.717, 1.165) is 10.6 Å². The quantitative estimate of drug-likeness (QED) is 0.332. The molecule has 2 atom stereocenters. The number of methoxy groups -OCH3 is 2. The van der Waals surface area contributed by atoms with E-state index in [-0.39, 0.29) is 24.3 Å². The van der Waals surface area contributed by atoms with Crippen molar-refractivity contribution in [1.29, 1.82) is 0 Å². The lowest BCUT2D eigenvalue weighted by Gasteiger charge is -2.23. The molecule has 1 aromatic carbocycles. The second kappa shape index (κ2) is 13.5. The normalized spacial score (nSPS) is 14.0. The van der Waals surface area contributed by atoms with Gasteiger partial charge in [-0.15, -0.1) is 0 Å². The first kappa shape index (κ1) is 32.3. The van der Waals surface area contributed by atoms with Gasteiger partial charge in [-0.25, -0.2) is 27.1 Å². The van der Waals surface area contributed by atoms with E-state index in [1.54, 1.807) is 40.0 Å². The maximum atomic E-state index is 13.7. The largest absolute Gasteiger partial charge is 0.460 e. The standard InChI is InChI=1S/C28H40FN3O6S/c1-18(2)25-23(15-14-21(36-7)16-22(37-8)17-24(33)38-28(3,4)5)26(19-10-12-20(29)13-11-19)31-27(30-25)32(6)39(9,34)35/h10-15,18,21-22H,16-17H2,1-9H3/b15-14+/t21-,22-/m1/s1. The van der Waals surface area contributed by atoms with Crippen LogP contribution in [0.2, 0.25) is 0 Å². The molecule has 0 saturated carbocycles. The Morgan fingerprint density at radius 1 is 1.10 bits per heavy atom. The third kappa shape index (κ3) is 9.66. The maximum Gasteiger partial charge on any atom is 0.308 e. The summed E-state index contributed by atoms with van der Waals surface area (Å²) in [4.78, 5) is 21.5. The van der Waals surface area contributed by atoms with Crippen LogP contribution in [-0.2, 0) is 29.0 Å². The fourth-order valence-electron chi connectivity index (χ4n) is 3.74. The van der Waals surface area contributed by atoms with Crippen LogP contribution in [0.3, 0.4) is 0 Å². The molecule has 0 unspecified atom stereocenters. The highest BCUT2D eigenvalue weighted by Crippen LogP contribution is 2.32. The smallest absolute Gasteiger partial charge is 0.308 e. The van der Waals surface area contributed by atoms with Gasteiger partial charge in [0, 0.05) is 38.8 Å². The number of ether oxygens (including phenoxy) is 3. The van der Waals surface area contributed by atoms with Crippen LogP contribution < -0.4 is 4.31 Å². The van der Waals surface area contributed by atoms with Crippen LogP contribution >= 0.6 is 0 Å². The van der Waals surface area contributed by atoms with Crippen molar-refractivity contribution < 1.29 is 31.8 Å². The molecule has 0 saturated heterocycles. The minimum Gasteiger partial charge on any atom is -0.460 e. The summed E-state index contributed by atoms with van der Waals surface area (Å²) >= 11 is 0. The summed E-state index contributed by atoms with van der Waals surface area (Å²) in [7, 11) is 0.842. The number of nitrogens with zero attached hydrogens (tertiary/aromatic N) is 3. The summed E-state index contributed by atoms with van der Waals surface area (Å²) in [5.41, 5.74) is 1.69. The molecule has 0 radical (unpaired) electrons. The van der Waals surface area contributed by atoms with Crippen LogP contribution in [0.15, 0.2) is 30.3 Å². The predicted octanol–water partition coefficient (Wildman–Crippen LogP) is 4.97. The van der Waals surface area contributed by atoms with E-state index in [0.29, 0.717) is 28.9 Å². The monoisotopic (exact) mass is 565 g/mol. The van der Waals surface area contributed by atoms with Crippen molar-refractivity contribution in [2.45, 2.75) is 71.2 Å². The molecule has 0 amide bonds. The molecule has 0 fully saturated rings. The molecular formula is C28H40FN3O6S. The summed E-state index contributed by atoms with van der Waals surface area (Å²) in [5, 5.41) is 0. The van der Waals surface area contributed by atoms with E-state index < -0.39 is 33.6 Å². The molecule has 1 aromatic heterocycles. The van der Waals surface area contributed by atoms with E-state index >= 15 is 0 Å². The van der Waals surface area contributed by atoms with E-state index in [4.69, 9.17) is 14.2 Å². The Morgan fingerprint density at radius 3 is 2.21 bits per heavy atom. The number of hydrogen-bond donors (Lipinski definition) is 0. The van der Waals surface area contributed by atoms with Gasteiger partial charge < -0.3 is 14.2 Å². The molecule has 2 rings (SSSR count). The molecule has 0 spiro atoms. The zero-order chi connectivity index (χ0) is 29.5. The summed E-state index contributed by atoms with van der Waals surface area (Å²) in [6.07, 6.45) is 4.26. The summed E-state index contributed by atoms with van der Waals surface area (Å²) in [5.74, 6) is -0.860. The zero-order valence-electron chi connectivity index (χ0n) is 24.2. The van der Waals surface area contributed by atoms with Gasteiger partial charge in [0.15, 0.2) is 0 Å². The molecule has 0 N–H and O–H groups in total. The first-order chi connectivity index (χ1) is 18.1. The zero-order valence-corrected chi connectivity index (χ0v) is 25.0. The van der Waals surface area contributed by atoms with Crippen LogP contribution in [0.4, 0.5) is 10.3 Å². The van der Waals surface area contributed by atoms with Gasteiger partial charge in [-0.2, -0.15) is 0 Å². The number of carbonyl (C=O) groups excluding carboxylic acids is 1. The minimum atomic E-state index is -3.63. The van der Waals surface area contributed by atoms with Crippen molar-refractivity contribution in [2.24, 2.45) is 0 Å². The Labute approximate surface area is 231 Å². The Morgan fingerprint density at radius 2 is 1.72 bits per heavy atom. The van der Waals surface area contributed by atoms with Crippen LogP contribution in [0, 0.1) is 5.82 Å². The lowest BCUT2D eigenvalue weighted by Crippen LogP contribution is -2.29. The molecule has 0 aliphatic carbocycles. The SMILES string of the molecule is CO[C@@H](CC(=O)OC(C)(C)C)C[C@@H](/C=C/c1c(-c2ccc(F)cc2)nc(N(C)S(C)(=O)=O)nc1C(C)C)OC. The van der Waals surface area contributed by atoms with Crippen LogP contribution in [0.5, 0.6) is 0 Å². The van der Waals surface area contributed by atoms with E-state index in [1.807, 2.05) is 26.0 Å². The van der Waals surface area contributed by atoms with Gasteiger partial charge in [0.25, 0.3) is 0 Å².